The Balaban J connectivity index is 1.95. The van der Waals surface area contributed by atoms with Crippen LogP contribution in [0.25, 0.3) is 0 Å². The van der Waals surface area contributed by atoms with Crippen LogP contribution < -0.4 is 0 Å². The maximum Gasteiger partial charge on any atom is 0.460 e. The molecule has 0 amide bonds. The third-order valence-electron chi connectivity index (χ3n) is 8.28. The topological polar surface area (TPSA) is 0 Å². The summed E-state index contributed by atoms with van der Waals surface area (Å²) in [5, 5.41) is 0. The first-order valence-corrected chi connectivity index (χ1v) is 12.7. The van der Waals surface area contributed by atoms with Crippen molar-refractivity contribution in [2.24, 2.45) is 23.7 Å². The number of halogens is 13. The summed E-state index contributed by atoms with van der Waals surface area (Å²) in [7, 11) is 0. The van der Waals surface area contributed by atoms with Crippen LogP contribution in [-0.4, -0.2) is 35.8 Å². The molecule has 0 spiro atoms. The number of alkyl halides is 13. The zero-order valence-electron chi connectivity index (χ0n) is 20.4. The molecule has 0 radical (unpaired) electrons. The second kappa shape index (κ2) is 11.3. The van der Waals surface area contributed by atoms with Gasteiger partial charge < -0.3 is 0 Å². The minimum atomic E-state index is -7.82. The van der Waals surface area contributed by atoms with Gasteiger partial charge in [0.15, 0.2) is 0 Å². The van der Waals surface area contributed by atoms with Gasteiger partial charge in [-0.3, -0.25) is 0 Å². The highest BCUT2D eigenvalue weighted by Crippen LogP contribution is 2.61. The molecule has 0 nitrogen and oxygen atoms in total. The average molecular weight is 569 g/mol. The van der Waals surface area contributed by atoms with Crippen molar-refractivity contribution in [3.8, 4) is 0 Å². The molecule has 0 atom stereocenters. The minimum Gasteiger partial charge on any atom is -0.200 e. The molecule has 0 heterocycles. The number of hydrogen-bond acceptors (Lipinski definition) is 0. The van der Waals surface area contributed by atoms with Gasteiger partial charge in [-0.2, -0.15) is 57.1 Å². The molecule has 0 N–H and O–H groups in total. The maximum atomic E-state index is 14.1. The summed E-state index contributed by atoms with van der Waals surface area (Å²) in [5.41, 5.74) is 0. The molecule has 0 unspecified atom stereocenters. The summed E-state index contributed by atoms with van der Waals surface area (Å²) >= 11 is 0. The third kappa shape index (κ3) is 6.30. The second-order valence-corrected chi connectivity index (χ2v) is 10.7. The summed E-state index contributed by atoms with van der Waals surface area (Å²) in [6, 6.07) is 0. The lowest BCUT2D eigenvalue weighted by molar-refractivity contribution is -0.440. The molecule has 2 saturated carbocycles. The molecule has 0 bridgehead atoms. The van der Waals surface area contributed by atoms with E-state index < -0.39 is 54.5 Å². The molecular weight excluding hydrogens is 535 g/mol. The van der Waals surface area contributed by atoms with Gasteiger partial charge in [-0.15, -0.1) is 0 Å². The first-order valence-electron chi connectivity index (χ1n) is 12.7. The molecule has 0 aromatic carbocycles. The van der Waals surface area contributed by atoms with E-state index in [-0.39, 0.29) is 0 Å². The first-order chi connectivity index (χ1) is 16.7. The van der Waals surface area contributed by atoms with Crippen molar-refractivity contribution in [1.82, 2.24) is 0 Å². The fraction of sp³-hybridized carbons (Fsp3) is 1.00. The predicted octanol–water partition coefficient (Wildman–Crippen LogP) is 10.3. The van der Waals surface area contributed by atoms with Crippen molar-refractivity contribution < 1.29 is 57.1 Å². The summed E-state index contributed by atoms with van der Waals surface area (Å²) in [5.74, 6) is -35.5. The van der Waals surface area contributed by atoms with Crippen LogP contribution in [0.5, 0.6) is 0 Å². The Bertz CT molecular complexity index is 713. The SMILES string of the molecule is CCCC[C@H]1CC[C@H]([C@H]2CC[C@H](CCC(F)(F)C(F)(F)C(F)(F)C(F)(F)C(F)(F)C(F)(F)F)CC2)CC1. The first kappa shape index (κ1) is 32.3. The summed E-state index contributed by atoms with van der Waals surface area (Å²) in [6.45, 7) is 2.12. The van der Waals surface area contributed by atoms with Crippen LogP contribution in [0.4, 0.5) is 57.1 Å². The summed E-state index contributed by atoms with van der Waals surface area (Å²) in [4.78, 5) is 0. The normalized spacial score (nSPS) is 27.4. The molecule has 220 valence electrons. The van der Waals surface area contributed by atoms with E-state index in [0.717, 1.165) is 32.1 Å². The van der Waals surface area contributed by atoms with Crippen molar-refractivity contribution in [2.75, 3.05) is 0 Å². The molecule has 13 heteroatoms. The lowest BCUT2D eigenvalue weighted by Crippen LogP contribution is -2.70. The molecule has 0 saturated heterocycles. The lowest BCUT2D eigenvalue weighted by Gasteiger charge is -2.40. The van der Waals surface area contributed by atoms with Crippen molar-refractivity contribution in [1.29, 1.82) is 0 Å². The molecule has 2 aliphatic carbocycles. The van der Waals surface area contributed by atoms with Gasteiger partial charge in [-0.05, 0) is 55.8 Å². The van der Waals surface area contributed by atoms with Crippen molar-refractivity contribution >= 4 is 0 Å². The fourth-order valence-corrected chi connectivity index (χ4v) is 5.73. The van der Waals surface area contributed by atoms with Gasteiger partial charge in [-0.25, -0.2) is 0 Å². The zero-order valence-corrected chi connectivity index (χ0v) is 20.4. The van der Waals surface area contributed by atoms with E-state index in [4.69, 9.17) is 0 Å². The van der Waals surface area contributed by atoms with Crippen LogP contribution >= 0.6 is 0 Å². The zero-order chi connectivity index (χ0) is 28.5. The molecule has 2 aliphatic rings. The average Bonchev–Trinajstić information content (AvgIpc) is 2.81. The van der Waals surface area contributed by atoms with E-state index in [1.165, 1.54) is 12.8 Å². The molecule has 2 fully saturated rings. The number of hydrogen-bond donors (Lipinski definition) is 0. The molecule has 0 aromatic rings. The highest BCUT2D eigenvalue weighted by Gasteiger charge is 2.90. The molecular formula is C24H33F13. The predicted molar refractivity (Wildman–Crippen MR) is 110 cm³/mol. The molecule has 0 aliphatic heterocycles. The van der Waals surface area contributed by atoms with E-state index in [1.807, 2.05) is 0 Å². The number of rotatable bonds is 11. The van der Waals surface area contributed by atoms with Crippen LogP contribution in [0.15, 0.2) is 0 Å². The Labute approximate surface area is 207 Å². The van der Waals surface area contributed by atoms with Crippen LogP contribution in [0.3, 0.4) is 0 Å². The van der Waals surface area contributed by atoms with E-state index in [9.17, 15) is 57.1 Å². The highest BCUT2D eigenvalue weighted by molar-refractivity contribution is 5.10. The van der Waals surface area contributed by atoms with Crippen LogP contribution in [0, 0.1) is 23.7 Å². The van der Waals surface area contributed by atoms with E-state index in [1.54, 1.807) is 0 Å². The van der Waals surface area contributed by atoms with Crippen molar-refractivity contribution in [3.05, 3.63) is 0 Å². The Kier molecular flexibility index (Phi) is 9.86. The highest BCUT2D eigenvalue weighted by atomic mass is 19.4. The van der Waals surface area contributed by atoms with Gasteiger partial charge >= 0.3 is 35.8 Å². The van der Waals surface area contributed by atoms with Crippen molar-refractivity contribution in [3.63, 3.8) is 0 Å². The second-order valence-electron chi connectivity index (χ2n) is 10.7. The van der Waals surface area contributed by atoms with Gasteiger partial charge in [0.25, 0.3) is 0 Å². The van der Waals surface area contributed by atoms with Crippen LogP contribution in [0.1, 0.15) is 90.4 Å². The van der Waals surface area contributed by atoms with Crippen LogP contribution in [-0.2, 0) is 0 Å². The molecule has 2 rings (SSSR count). The van der Waals surface area contributed by atoms with E-state index >= 15 is 0 Å². The maximum absolute atomic E-state index is 14.1. The molecule has 37 heavy (non-hydrogen) atoms. The van der Waals surface area contributed by atoms with Gasteiger partial charge in [-0.1, -0.05) is 51.9 Å². The third-order valence-corrected chi connectivity index (χ3v) is 8.28. The largest absolute Gasteiger partial charge is 0.460 e. The van der Waals surface area contributed by atoms with Crippen LogP contribution in [0.2, 0.25) is 0 Å². The monoisotopic (exact) mass is 568 g/mol. The Morgan fingerprint density at radius 1 is 0.486 bits per heavy atom. The Hall–Kier alpha value is -0.910. The molecule has 0 aromatic heterocycles. The van der Waals surface area contributed by atoms with E-state index in [2.05, 4.69) is 6.92 Å². The quantitative estimate of drug-likeness (QED) is 0.218. The summed E-state index contributed by atoms with van der Waals surface area (Å²) < 4.78 is 172. The lowest BCUT2D eigenvalue weighted by atomic mass is 9.68. The van der Waals surface area contributed by atoms with Gasteiger partial charge in [0, 0.05) is 6.42 Å². The Morgan fingerprint density at radius 2 is 0.865 bits per heavy atom. The Morgan fingerprint density at radius 3 is 1.24 bits per heavy atom. The number of unbranched alkanes of at least 4 members (excludes halogenated alkanes) is 1. The van der Waals surface area contributed by atoms with Gasteiger partial charge in [0.2, 0.25) is 0 Å². The smallest absolute Gasteiger partial charge is 0.200 e. The van der Waals surface area contributed by atoms with Crippen molar-refractivity contribution in [2.45, 2.75) is 126 Å². The van der Waals surface area contributed by atoms with Gasteiger partial charge in [0.05, 0.1) is 0 Å². The fourth-order valence-electron chi connectivity index (χ4n) is 5.73. The van der Waals surface area contributed by atoms with Gasteiger partial charge in [0.1, 0.15) is 0 Å². The summed E-state index contributed by atoms with van der Waals surface area (Å²) in [6.07, 6.45) is -0.666. The standard InChI is InChI=1S/C24H33F13/c1-2-3-4-15-5-9-17(10-6-15)18-11-7-16(8-12-18)13-14-19(25,26)20(27,28)21(29,30)22(31,32)23(33,34)24(35,36)37/h15-18H,2-14H2,1H3/t15-,16-,17-,18-. The van der Waals surface area contributed by atoms with E-state index in [0.29, 0.717) is 43.4 Å². The minimum absolute atomic E-state index is 0.304.